The molecule has 2 fully saturated rings. The third-order valence-electron chi connectivity index (χ3n) is 4.57. The number of rotatable bonds is 3. The van der Waals surface area contributed by atoms with E-state index in [0.29, 0.717) is 12.1 Å². The third kappa shape index (κ3) is 4.81. The molecule has 0 aromatic rings. The van der Waals surface area contributed by atoms with E-state index in [-0.39, 0.29) is 30.3 Å². The maximum atomic E-state index is 12.2. The van der Waals surface area contributed by atoms with Crippen LogP contribution < -0.4 is 5.73 Å². The van der Waals surface area contributed by atoms with Crippen molar-refractivity contribution < 1.29 is 9.53 Å². The number of nitrogens with zero attached hydrogens (tertiary/aromatic N) is 2. The summed E-state index contributed by atoms with van der Waals surface area (Å²) in [5.41, 5.74) is 5.97. The van der Waals surface area contributed by atoms with Crippen LogP contribution in [0.5, 0.6) is 0 Å². The number of halogens is 1. The lowest BCUT2D eigenvalue weighted by Crippen LogP contribution is -2.54. The van der Waals surface area contributed by atoms with E-state index in [0.717, 1.165) is 45.6 Å². The van der Waals surface area contributed by atoms with Gasteiger partial charge in [-0.2, -0.15) is 0 Å². The predicted molar refractivity (Wildman–Crippen MR) is 86.7 cm³/mol. The van der Waals surface area contributed by atoms with E-state index in [1.54, 1.807) is 0 Å². The van der Waals surface area contributed by atoms with Gasteiger partial charge in [0.2, 0.25) is 5.91 Å². The minimum Gasteiger partial charge on any atom is -0.376 e. The SMILES string of the molecule is CC1CN(C2CCN(C(=O)[C@@H](N)C(C)C)CC2)CCO1.Cl. The van der Waals surface area contributed by atoms with Crippen LogP contribution in [0.25, 0.3) is 0 Å². The van der Waals surface area contributed by atoms with Crippen LogP contribution in [0.3, 0.4) is 0 Å². The van der Waals surface area contributed by atoms with Crippen molar-refractivity contribution in [1.29, 1.82) is 0 Å². The first kappa shape index (κ1) is 18.7. The van der Waals surface area contributed by atoms with E-state index < -0.39 is 0 Å². The summed E-state index contributed by atoms with van der Waals surface area (Å²) < 4.78 is 5.59. The number of morpholine rings is 1. The van der Waals surface area contributed by atoms with Gasteiger partial charge in [0.25, 0.3) is 0 Å². The molecule has 0 bridgehead atoms. The number of nitrogens with two attached hydrogens (primary N) is 1. The zero-order valence-electron chi connectivity index (χ0n) is 13.5. The molecule has 0 aliphatic carbocycles. The van der Waals surface area contributed by atoms with Gasteiger partial charge in [0.05, 0.1) is 18.8 Å². The maximum Gasteiger partial charge on any atom is 0.239 e. The largest absolute Gasteiger partial charge is 0.376 e. The van der Waals surface area contributed by atoms with Crippen LogP contribution in [0.4, 0.5) is 0 Å². The Hall–Kier alpha value is -0.360. The Bertz CT molecular complexity index is 333. The number of hydrogen-bond donors (Lipinski definition) is 1. The molecule has 124 valence electrons. The van der Waals surface area contributed by atoms with E-state index in [2.05, 4.69) is 11.8 Å². The number of likely N-dealkylation sites (tertiary alicyclic amines) is 1. The molecule has 2 saturated heterocycles. The van der Waals surface area contributed by atoms with Crippen molar-refractivity contribution in [3.05, 3.63) is 0 Å². The minimum absolute atomic E-state index is 0. The van der Waals surface area contributed by atoms with Crippen LogP contribution in [0.2, 0.25) is 0 Å². The Morgan fingerprint density at radius 1 is 1.24 bits per heavy atom. The summed E-state index contributed by atoms with van der Waals surface area (Å²) in [6.07, 6.45) is 2.45. The normalized spacial score (nSPS) is 26.5. The molecule has 2 aliphatic rings. The second-order valence-corrected chi connectivity index (χ2v) is 6.50. The summed E-state index contributed by atoms with van der Waals surface area (Å²) in [7, 11) is 0. The summed E-state index contributed by atoms with van der Waals surface area (Å²) in [5, 5.41) is 0. The van der Waals surface area contributed by atoms with Crippen molar-refractivity contribution in [2.45, 2.75) is 51.8 Å². The lowest BCUT2D eigenvalue weighted by atomic mass is 9.99. The molecule has 6 heteroatoms. The Morgan fingerprint density at radius 2 is 1.86 bits per heavy atom. The number of ether oxygens (including phenoxy) is 1. The molecule has 0 radical (unpaired) electrons. The van der Waals surface area contributed by atoms with E-state index in [1.165, 1.54) is 0 Å². The molecule has 0 aromatic carbocycles. The molecule has 21 heavy (non-hydrogen) atoms. The first-order chi connectivity index (χ1) is 9.49. The van der Waals surface area contributed by atoms with E-state index in [9.17, 15) is 4.79 Å². The van der Waals surface area contributed by atoms with Gasteiger partial charge in [-0.3, -0.25) is 9.69 Å². The molecule has 1 amide bonds. The molecule has 5 nitrogen and oxygen atoms in total. The number of hydrogen-bond acceptors (Lipinski definition) is 4. The Balaban J connectivity index is 0.00000220. The minimum atomic E-state index is -0.352. The van der Waals surface area contributed by atoms with Crippen molar-refractivity contribution >= 4 is 18.3 Å². The van der Waals surface area contributed by atoms with Gasteiger partial charge in [0.15, 0.2) is 0 Å². The van der Waals surface area contributed by atoms with Crippen LogP contribution in [-0.2, 0) is 9.53 Å². The van der Waals surface area contributed by atoms with Crippen LogP contribution in [-0.4, -0.2) is 66.7 Å². The molecule has 0 spiro atoms. The van der Waals surface area contributed by atoms with Gasteiger partial charge >= 0.3 is 0 Å². The zero-order valence-corrected chi connectivity index (χ0v) is 14.3. The number of amides is 1. The quantitative estimate of drug-likeness (QED) is 0.846. The molecule has 0 aromatic heterocycles. The van der Waals surface area contributed by atoms with Crippen molar-refractivity contribution in [3.8, 4) is 0 Å². The second-order valence-electron chi connectivity index (χ2n) is 6.50. The fourth-order valence-corrected chi connectivity index (χ4v) is 3.12. The Labute approximate surface area is 134 Å². The molecule has 1 unspecified atom stereocenters. The predicted octanol–water partition coefficient (Wildman–Crippen LogP) is 1.10. The highest BCUT2D eigenvalue weighted by atomic mass is 35.5. The van der Waals surface area contributed by atoms with Crippen LogP contribution >= 0.6 is 12.4 Å². The van der Waals surface area contributed by atoms with Crippen molar-refractivity contribution in [1.82, 2.24) is 9.80 Å². The highest BCUT2D eigenvalue weighted by Crippen LogP contribution is 2.20. The third-order valence-corrected chi connectivity index (χ3v) is 4.57. The molecule has 0 saturated carbocycles. The lowest BCUT2D eigenvalue weighted by Gasteiger charge is -2.42. The van der Waals surface area contributed by atoms with Crippen LogP contribution in [0.1, 0.15) is 33.6 Å². The highest BCUT2D eigenvalue weighted by molar-refractivity contribution is 5.85. The monoisotopic (exact) mass is 319 g/mol. The van der Waals surface area contributed by atoms with E-state index >= 15 is 0 Å². The molecule has 2 atom stereocenters. The zero-order chi connectivity index (χ0) is 14.7. The fraction of sp³-hybridized carbons (Fsp3) is 0.933. The topological polar surface area (TPSA) is 58.8 Å². The smallest absolute Gasteiger partial charge is 0.239 e. The van der Waals surface area contributed by atoms with Crippen molar-refractivity contribution in [3.63, 3.8) is 0 Å². The fourth-order valence-electron chi connectivity index (χ4n) is 3.12. The first-order valence-electron chi connectivity index (χ1n) is 7.89. The van der Waals surface area contributed by atoms with Crippen LogP contribution in [0.15, 0.2) is 0 Å². The standard InChI is InChI=1S/C15H29N3O2.ClH/c1-11(2)14(16)15(19)17-6-4-13(5-7-17)18-8-9-20-12(3)10-18;/h11-14H,4-10,16H2,1-3H3;1H/t12?,14-;/m0./s1. The van der Waals surface area contributed by atoms with Gasteiger partial charge in [0, 0.05) is 32.2 Å². The summed E-state index contributed by atoms with van der Waals surface area (Å²) >= 11 is 0. The van der Waals surface area contributed by atoms with E-state index in [4.69, 9.17) is 10.5 Å². The first-order valence-corrected chi connectivity index (χ1v) is 7.89. The number of carbonyl (C=O) groups is 1. The summed E-state index contributed by atoms with van der Waals surface area (Å²) in [6, 6.07) is 0.246. The lowest BCUT2D eigenvalue weighted by molar-refractivity contribution is -0.135. The van der Waals surface area contributed by atoms with E-state index in [1.807, 2.05) is 18.7 Å². The number of piperidine rings is 1. The molecule has 2 heterocycles. The van der Waals surface area contributed by atoms with Gasteiger partial charge in [-0.15, -0.1) is 12.4 Å². The van der Waals surface area contributed by atoms with Gasteiger partial charge in [0.1, 0.15) is 0 Å². The molecule has 2 N–H and O–H groups in total. The maximum absolute atomic E-state index is 12.2. The second kappa shape index (κ2) is 8.32. The molecule has 2 aliphatic heterocycles. The number of carbonyl (C=O) groups excluding carboxylic acids is 1. The average Bonchev–Trinajstić information content (AvgIpc) is 2.46. The van der Waals surface area contributed by atoms with Crippen molar-refractivity contribution in [2.75, 3.05) is 32.8 Å². The summed E-state index contributed by atoms with van der Waals surface area (Å²) in [4.78, 5) is 16.7. The van der Waals surface area contributed by atoms with Crippen molar-refractivity contribution in [2.24, 2.45) is 11.7 Å². The molecule has 2 rings (SSSR count). The molecular weight excluding hydrogens is 290 g/mol. The van der Waals surface area contributed by atoms with Gasteiger partial charge in [-0.25, -0.2) is 0 Å². The molecular formula is C15H30ClN3O2. The van der Waals surface area contributed by atoms with Crippen LogP contribution in [0, 0.1) is 5.92 Å². The Kier molecular flexibility index (Phi) is 7.40. The van der Waals surface area contributed by atoms with Gasteiger partial charge in [-0.05, 0) is 25.7 Å². The average molecular weight is 320 g/mol. The van der Waals surface area contributed by atoms with Gasteiger partial charge < -0.3 is 15.4 Å². The summed E-state index contributed by atoms with van der Waals surface area (Å²) in [6.45, 7) is 10.7. The summed E-state index contributed by atoms with van der Waals surface area (Å²) in [5.74, 6) is 0.328. The Morgan fingerprint density at radius 3 is 2.38 bits per heavy atom. The highest BCUT2D eigenvalue weighted by Gasteiger charge is 2.31. The van der Waals surface area contributed by atoms with Gasteiger partial charge in [-0.1, -0.05) is 13.8 Å².